The maximum atomic E-state index is 5.64. The number of rotatable bonds is 9. The number of nitrogens with zero attached hydrogens (tertiary/aromatic N) is 2. The predicted octanol–water partition coefficient (Wildman–Crippen LogP) is 7.07. The van der Waals surface area contributed by atoms with Gasteiger partial charge in [-0.15, -0.1) is 0 Å². The van der Waals surface area contributed by atoms with E-state index in [4.69, 9.17) is 18.9 Å². The Morgan fingerprint density at radius 3 is 1.78 bits per heavy atom. The molecule has 0 unspecified atom stereocenters. The maximum Gasteiger partial charge on any atom is 0.221 e. The van der Waals surface area contributed by atoms with Gasteiger partial charge >= 0.3 is 0 Å². The lowest BCUT2D eigenvalue weighted by atomic mass is 10.0. The maximum absolute atomic E-state index is 5.64. The molecule has 0 amide bonds. The molecule has 0 bridgehead atoms. The molecule has 0 saturated heterocycles. The third-order valence-corrected chi connectivity index (χ3v) is 5.31. The van der Waals surface area contributed by atoms with Crippen LogP contribution < -0.4 is 9.47 Å². The molecular weight excluding hydrogens is 452 g/mol. The van der Waals surface area contributed by atoms with Crippen molar-refractivity contribution in [3.05, 3.63) is 109 Å². The molecule has 0 fully saturated rings. The number of aliphatic imine (C=N–C) groups is 2. The summed E-state index contributed by atoms with van der Waals surface area (Å²) in [6.45, 7) is 7.54. The Hall–Kier alpha value is -4.58. The molecular formula is C30H30N2O4. The predicted molar refractivity (Wildman–Crippen MR) is 147 cm³/mol. The first-order valence-electron chi connectivity index (χ1n) is 11.2. The largest absolute Gasteiger partial charge is 0.494 e. The summed E-state index contributed by atoms with van der Waals surface area (Å²) >= 11 is 0. The van der Waals surface area contributed by atoms with Crippen molar-refractivity contribution >= 4 is 23.2 Å². The lowest BCUT2D eigenvalue weighted by Gasteiger charge is -2.12. The highest BCUT2D eigenvalue weighted by atomic mass is 16.5. The molecule has 3 aromatic rings. The molecule has 6 heteroatoms. The van der Waals surface area contributed by atoms with E-state index in [9.17, 15) is 0 Å². The van der Waals surface area contributed by atoms with E-state index >= 15 is 0 Å². The van der Waals surface area contributed by atoms with E-state index in [0.29, 0.717) is 40.2 Å². The normalized spacial score (nSPS) is 12.1. The summed E-state index contributed by atoms with van der Waals surface area (Å²) in [6.07, 6.45) is 5.09. The second kappa shape index (κ2) is 12.8. The minimum absolute atomic E-state index is 0.409. The Labute approximate surface area is 212 Å². The van der Waals surface area contributed by atoms with Crippen LogP contribution in [0.2, 0.25) is 0 Å². The molecule has 36 heavy (non-hydrogen) atoms. The Morgan fingerprint density at radius 2 is 1.31 bits per heavy atom. The van der Waals surface area contributed by atoms with E-state index in [1.54, 1.807) is 46.7 Å². The smallest absolute Gasteiger partial charge is 0.221 e. The highest BCUT2D eigenvalue weighted by Gasteiger charge is 2.12. The van der Waals surface area contributed by atoms with E-state index in [0.717, 1.165) is 16.7 Å². The number of methoxy groups -OCH3 is 4. The van der Waals surface area contributed by atoms with Crippen molar-refractivity contribution in [2.75, 3.05) is 28.4 Å². The van der Waals surface area contributed by atoms with Gasteiger partial charge in [-0.3, -0.25) is 0 Å². The molecule has 0 heterocycles. The van der Waals surface area contributed by atoms with Gasteiger partial charge in [0, 0.05) is 11.1 Å². The molecule has 184 valence electrons. The average Bonchev–Trinajstić information content (AvgIpc) is 2.94. The van der Waals surface area contributed by atoms with Crippen LogP contribution in [0.1, 0.15) is 5.56 Å². The lowest BCUT2D eigenvalue weighted by Crippen LogP contribution is -2.03. The number of allylic oxidation sites excluding steroid dienone is 2. The van der Waals surface area contributed by atoms with E-state index in [1.165, 1.54) is 0 Å². The van der Waals surface area contributed by atoms with Crippen LogP contribution >= 0.6 is 0 Å². The molecule has 0 saturated carbocycles. The summed E-state index contributed by atoms with van der Waals surface area (Å²) < 4.78 is 22.2. The summed E-state index contributed by atoms with van der Waals surface area (Å²) in [5, 5.41) is 0. The summed E-state index contributed by atoms with van der Waals surface area (Å²) in [5.74, 6) is 2.12. The van der Waals surface area contributed by atoms with Crippen molar-refractivity contribution in [1.29, 1.82) is 0 Å². The molecule has 3 aromatic carbocycles. The first kappa shape index (κ1) is 26.0. The van der Waals surface area contributed by atoms with Crippen LogP contribution in [0, 0.1) is 0 Å². The quantitative estimate of drug-likeness (QED) is 0.186. The molecule has 0 aliphatic rings. The van der Waals surface area contributed by atoms with Crippen molar-refractivity contribution in [3.63, 3.8) is 0 Å². The Morgan fingerprint density at radius 1 is 0.722 bits per heavy atom. The molecule has 0 aromatic heterocycles. The van der Waals surface area contributed by atoms with Gasteiger partial charge in [-0.2, -0.15) is 0 Å². The van der Waals surface area contributed by atoms with Crippen molar-refractivity contribution in [1.82, 2.24) is 0 Å². The Balaban J connectivity index is 2.00. The van der Waals surface area contributed by atoms with Crippen molar-refractivity contribution in [3.8, 4) is 22.6 Å². The number of hydrogen-bond acceptors (Lipinski definition) is 6. The molecule has 0 aliphatic heterocycles. The lowest BCUT2D eigenvalue weighted by molar-refractivity contribution is 0.402. The van der Waals surface area contributed by atoms with Gasteiger partial charge in [0.1, 0.15) is 22.9 Å². The number of ether oxygens (including phenoxy) is 4. The molecule has 0 radical (unpaired) electrons. The van der Waals surface area contributed by atoms with Crippen LogP contribution in [0.4, 0.5) is 11.4 Å². The van der Waals surface area contributed by atoms with Crippen molar-refractivity contribution in [2.45, 2.75) is 0 Å². The van der Waals surface area contributed by atoms with Crippen LogP contribution in [-0.2, 0) is 9.47 Å². The fraction of sp³-hybridized carbons (Fsp3) is 0.133. The minimum Gasteiger partial charge on any atom is -0.494 e. The highest BCUT2D eigenvalue weighted by molar-refractivity contribution is 5.98. The summed E-state index contributed by atoms with van der Waals surface area (Å²) in [7, 11) is 6.38. The van der Waals surface area contributed by atoms with Gasteiger partial charge < -0.3 is 18.9 Å². The van der Waals surface area contributed by atoms with Gasteiger partial charge in [0.05, 0.1) is 28.4 Å². The van der Waals surface area contributed by atoms with Crippen LogP contribution in [0.15, 0.2) is 114 Å². The van der Waals surface area contributed by atoms with Gasteiger partial charge in [0.15, 0.2) is 0 Å². The molecule has 6 nitrogen and oxygen atoms in total. The third kappa shape index (κ3) is 6.10. The zero-order valence-electron chi connectivity index (χ0n) is 21.0. The SMILES string of the molecule is C=C/C=C(\C=C)C(=Nc1ccc(-c2ccc(N=C(OC)c3ccccc3)c(OC)c2)cc1OC)OC. The Bertz CT molecular complexity index is 1310. The standard InChI is InChI=1S/C30H30N2O4/c1-7-12-21(8-2)29(35-5)31-25-17-15-23(19-27(25)33-3)24-16-18-26(28(20-24)34-4)32-30(36-6)22-13-10-9-11-14-22/h7-20H,1-2H2,3-6H3/b21-12+,31-29?,32-30?. The fourth-order valence-corrected chi connectivity index (χ4v) is 3.51. The summed E-state index contributed by atoms with van der Waals surface area (Å²) in [6, 6.07) is 21.3. The molecule has 0 atom stereocenters. The van der Waals surface area contributed by atoms with Crippen molar-refractivity contribution < 1.29 is 18.9 Å². The van der Waals surface area contributed by atoms with Crippen LogP contribution in [0.25, 0.3) is 11.1 Å². The fourth-order valence-electron chi connectivity index (χ4n) is 3.51. The van der Waals surface area contributed by atoms with Crippen LogP contribution in [-0.4, -0.2) is 40.2 Å². The third-order valence-electron chi connectivity index (χ3n) is 5.31. The number of benzene rings is 3. The Kier molecular flexibility index (Phi) is 9.23. The van der Waals surface area contributed by atoms with Gasteiger partial charge in [-0.05, 0) is 47.5 Å². The first-order valence-corrected chi connectivity index (χ1v) is 11.2. The monoisotopic (exact) mass is 482 g/mol. The highest BCUT2D eigenvalue weighted by Crippen LogP contribution is 2.37. The zero-order chi connectivity index (χ0) is 25.9. The van der Waals surface area contributed by atoms with E-state index in [-0.39, 0.29) is 0 Å². The van der Waals surface area contributed by atoms with Gasteiger partial charge in [0.25, 0.3) is 0 Å². The summed E-state index contributed by atoms with van der Waals surface area (Å²) in [5.41, 5.74) is 4.74. The number of hydrogen-bond donors (Lipinski definition) is 0. The van der Waals surface area contributed by atoms with Gasteiger partial charge in [-0.1, -0.05) is 61.7 Å². The zero-order valence-corrected chi connectivity index (χ0v) is 21.0. The molecule has 0 aliphatic carbocycles. The topological polar surface area (TPSA) is 61.6 Å². The minimum atomic E-state index is 0.409. The molecule has 0 spiro atoms. The van der Waals surface area contributed by atoms with E-state index < -0.39 is 0 Å². The van der Waals surface area contributed by atoms with Crippen LogP contribution in [0.5, 0.6) is 11.5 Å². The van der Waals surface area contributed by atoms with E-state index in [2.05, 4.69) is 23.1 Å². The average molecular weight is 483 g/mol. The molecule has 0 N–H and O–H groups in total. The molecule has 3 rings (SSSR count). The second-order valence-electron chi connectivity index (χ2n) is 7.44. The van der Waals surface area contributed by atoms with Crippen molar-refractivity contribution in [2.24, 2.45) is 9.98 Å². The van der Waals surface area contributed by atoms with Crippen LogP contribution in [0.3, 0.4) is 0 Å². The van der Waals surface area contributed by atoms with Gasteiger partial charge in [-0.25, -0.2) is 9.98 Å². The van der Waals surface area contributed by atoms with E-state index in [1.807, 2.05) is 66.7 Å². The van der Waals surface area contributed by atoms with Gasteiger partial charge in [0.2, 0.25) is 11.8 Å². The summed E-state index contributed by atoms with van der Waals surface area (Å²) in [4.78, 5) is 9.29. The first-order chi connectivity index (χ1) is 17.6. The second-order valence-corrected chi connectivity index (χ2v) is 7.44.